The summed E-state index contributed by atoms with van der Waals surface area (Å²) >= 11 is 0. The molecule has 0 atom stereocenters. The molecule has 0 bridgehead atoms. The zero-order chi connectivity index (χ0) is 26.3. The smallest absolute Gasteiger partial charge is 0.744 e. The minimum absolute atomic E-state index is 0. The average Bonchev–Trinajstić information content (AvgIpc) is 2.70. The summed E-state index contributed by atoms with van der Waals surface area (Å²) in [6, 6.07) is 6.54. The molecule has 3 rings (SSSR count). The Morgan fingerprint density at radius 3 is 2.11 bits per heavy atom. The van der Waals surface area contributed by atoms with Crippen LogP contribution in [0.1, 0.15) is 6.92 Å². The molecule has 0 fully saturated rings. The predicted octanol–water partition coefficient (Wildman–Crippen LogP) is -4.46. The van der Waals surface area contributed by atoms with Crippen LogP contribution in [0.3, 0.4) is 0 Å². The SMILES string of the molecule is CC(=O)Nc1cc(S(=O)(=O)[O-])cc2cc(S(=O)(=O)[O-])c(N=Nc3cccc(P(=O)(O)O)c3)c(O)c12.[Na+].[Na+]. The van der Waals surface area contributed by atoms with Crippen LogP contribution in [0, 0.1) is 0 Å². The Morgan fingerprint density at radius 2 is 1.59 bits per heavy atom. The summed E-state index contributed by atoms with van der Waals surface area (Å²) in [6.07, 6.45) is 0. The summed E-state index contributed by atoms with van der Waals surface area (Å²) in [6.45, 7) is 1.03. The maximum Gasteiger partial charge on any atom is 1.00 e. The van der Waals surface area contributed by atoms with E-state index in [0.29, 0.717) is 12.1 Å². The third-order valence-corrected chi connectivity index (χ3v) is 7.04. The summed E-state index contributed by atoms with van der Waals surface area (Å²) in [5, 5.41) is 19.0. The first-order chi connectivity index (χ1) is 16.0. The van der Waals surface area contributed by atoms with E-state index in [-0.39, 0.29) is 70.2 Å². The van der Waals surface area contributed by atoms with Crippen molar-refractivity contribution in [2.75, 3.05) is 5.32 Å². The summed E-state index contributed by atoms with van der Waals surface area (Å²) in [4.78, 5) is 28.1. The predicted molar refractivity (Wildman–Crippen MR) is 118 cm³/mol. The molecule has 3 aromatic carbocycles. The van der Waals surface area contributed by atoms with Gasteiger partial charge in [-0.1, -0.05) is 6.07 Å². The number of amides is 1. The van der Waals surface area contributed by atoms with E-state index in [1.807, 2.05) is 0 Å². The molecule has 0 aliphatic rings. The molecule has 37 heavy (non-hydrogen) atoms. The van der Waals surface area contributed by atoms with Crippen LogP contribution in [0.2, 0.25) is 0 Å². The van der Waals surface area contributed by atoms with Gasteiger partial charge in [-0.05, 0) is 41.8 Å². The first-order valence-corrected chi connectivity index (χ1v) is 13.5. The molecule has 0 saturated carbocycles. The number of aromatic hydroxyl groups is 1. The fraction of sp³-hybridized carbons (Fsp3) is 0.0556. The van der Waals surface area contributed by atoms with Gasteiger partial charge in [-0.15, -0.1) is 5.11 Å². The standard InChI is InChI=1S/C18H16N3O11PS2.2Na/c1-9(22)19-14-8-13(34(27,28)29)5-10-6-15(35(30,31)32)17(18(23)16(10)14)21-20-11-3-2-4-12(7-11)33(24,25)26;;/h2-8,23H,1H3,(H,19,22)(H2,24,25,26)(H,27,28,29)(H,30,31,32);;/q;2*+1/p-2. The number of carbonyl (C=O) groups excluding carboxylic acids is 1. The molecule has 186 valence electrons. The number of phenols is 1. The van der Waals surface area contributed by atoms with Gasteiger partial charge in [0, 0.05) is 12.3 Å². The maximum atomic E-state index is 11.9. The molecular weight excluding hydrogens is 575 g/mol. The van der Waals surface area contributed by atoms with Crippen LogP contribution in [0.5, 0.6) is 5.75 Å². The number of anilines is 1. The number of hydrogen-bond acceptors (Lipinski definition) is 11. The molecule has 19 heteroatoms. The third kappa shape index (κ3) is 8.12. The summed E-state index contributed by atoms with van der Waals surface area (Å²) in [7, 11) is -15.1. The monoisotopic (exact) mass is 589 g/mol. The van der Waals surface area contributed by atoms with Crippen molar-refractivity contribution in [1.29, 1.82) is 0 Å². The maximum absolute atomic E-state index is 11.9. The van der Waals surface area contributed by atoms with Crippen molar-refractivity contribution in [3.8, 4) is 5.75 Å². The Balaban J connectivity index is 0.00000342. The normalized spacial score (nSPS) is 12.1. The molecule has 0 aliphatic heterocycles. The van der Waals surface area contributed by atoms with Gasteiger partial charge >= 0.3 is 66.7 Å². The van der Waals surface area contributed by atoms with Crippen LogP contribution in [0.4, 0.5) is 17.1 Å². The van der Waals surface area contributed by atoms with Gasteiger partial charge in [-0.2, -0.15) is 5.11 Å². The van der Waals surface area contributed by atoms with E-state index >= 15 is 0 Å². The van der Waals surface area contributed by atoms with Gasteiger partial charge in [-0.3, -0.25) is 9.36 Å². The summed E-state index contributed by atoms with van der Waals surface area (Å²) in [5.74, 6) is -1.76. The molecule has 0 saturated heterocycles. The second-order valence-electron chi connectivity index (χ2n) is 6.99. The van der Waals surface area contributed by atoms with Crippen molar-refractivity contribution in [3.63, 3.8) is 0 Å². The molecule has 0 unspecified atom stereocenters. The zero-order valence-corrected chi connectivity index (χ0v) is 25.8. The molecule has 4 N–H and O–H groups in total. The number of fused-ring (bicyclic) bond motifs is 1. The Hall–Kier alpha value is -1.24. The van der Waals surface area contributed by atoms with Gasteiger partial charge < -0.3 is 29.3 Å². The van der Waals surface area contributed by atoms with E-state index in [1.54, 1.807) is 0 Å². The first-order valence-electron chi connectivity index (χ1n) is 9.09. The van der Waals surface area contributed by atoms with Gasteiger partial charge in [0.1, 0.15) is 25.9 Å². The van der Waals surface area contributed by atoms with E-state index in [9.17, 15) is 50.2 Å². The fourth-order valence-electron chi connectivity index (χ4n) is 3.02. The molecule has 0 spiro atoms. The van der Waals surface area contributed by atoms with Crippen molar-refractivity contribution in [2.45, 2.75) is 16.7 Å². The van der Waals surface area contributed by atoms with Gasteiger partial charge in [0.15, 0.2) is 5.75 Å². The Morgan fingerprint density at radius 1 is 0.973 bits per heavy atom. The van der Waals surface area contributed by atoms with Crippen LogP contribution < -0.4 is 69.7 Å². The van der Waals surface area contributed by atoms with Crippen LogP contribution in [-0.4, -0.2) is 46.7 Å². The quantitative estimate of drug-likeness (QED) is 0.0924. The molecule has 3 aromatic rings. The van der Waals surface area contributed by atoms with E-state index in [2.05, 4.69) is 15.5 Å². The number of carbonyl (C=O) groups is 1. The molecule has 14 nitrogen and oxygen atoms in total. The van der Waals surface area contributed by atoms with Crippen LogP contribution >= 0.6 is 7.60 Å². The van der Waals surface area contributed by atoms with Crippen LogP contribution in [0.15, 0.2) is 62.5 Å². The first kappa shape index (κ1) is 33.8. The van der Waals surface area contributed by atoms with E-state index < -0.39 is 71.3 Å². The topological polar surface area (TPSA) is 246 Å². The minimum Gasteiger partial charge on any atom is -0.744 e. The van der Waals surface area contributed by atoms with Crippen LogP contribution in [-0.2, 0) is 29.6 Å². The van der Waals surface area contributed by atoms with Crippen molar-refractivity contribution < 1.29 is 109 Å². The fourth-order valence-corrected chi connectivity index (χ4v) is 4.78. The van der Waals surface area contributed by atoms with Gasteiger partial charge in [-0.25, -0.2) is 16.8 Å². The number of azo groups is 1. The number of benzene rings is 3. The van der Waals surface area contributed by atoms with Crippen molar-refractivity contribution >= 4 is 66.9 Å². The Labute approximate surface area is 254 Å². The van der Waals surface area contributed by atoms with Gasteiger partial charge in [0.25, 0.3) is 0 Å². The number of hydrogen-bond donors (Lipinski definition) is 4. The number of nitrogens with zero attached hydrogens (tertiary/aromatic N) is 2. The second-order valence-corrected chi connectivity index (χ2v) is 11.3. The third-order valence-electron chi connectivity index (χ3n) is 4.42. The Kier molecular flexibility index (Phi) is 11.2. The molecule has 1 amide bonds. The van der Waals surface area contributed by atoms with E-state index in [0.717, 1.165) is 25.1 Å². The Bertz CT molecular complexity index is 1670. The molecule has 0 aromatic heterocycles. The molecule has 0 heterocycles. The van der Waals surface area contributed by atoms with Crippen LogP contribution in [0.25, 0.3) is 10.8 Å². The molecule has 0 radical (unpaired) electrons. The van der Waals surface area contributed by atoms with Gasteiger partial charge in [0.2, 0.25) is 5.91 Å². The van der Waals surface area contributed by atoms with E-state index in [1.165, 1.54) is 12.1 Å². The second kappa shape index (κ2) is 12.3. The zero-order valence-electron chi connectivity index (χ0n) is 19.3. The number of rotatable bonds is 6. The largest absolute Gasteiger partial charge is 1.00 e. The van der Waals surface area contributed by atoms with E-state index in [4.69, 9.17) is 0 Å². The van der Waals surface area contributed by atoms with Crippen molar-refractivity contribution in [2.24, 2.45) is 10.2 Å². The summed E-state index contributed by atoms with van der Waals surface area (Å²) < 4.78 is 81.6. The number of nitrogens with one attached hydrogen (secondary N) is 1. The van der Waals surface area contributed by atoms with Crippen molar-refractivity contribution in [3.05, 3.63) is 42.5 Å². The average molecular weight is 589 g/mol. The minimum atomic E-state index is -5.37. The molecule has 0 aliphatic carbocycles. The molecular formula is C18H14N3Na2O11PS2. The van der Waals surface area contributed by atoms with Gasteiger partial charge in [0.05, 0.1) is 26.5 Å². The van der Waals surface area contributed by atoms with Crippen molar-refractivity contribution in [1.82, 2.24) is 0 Å². The summed E-state index contributed by atoms with van der Waals surface area (Å²) in [5.41, 5.74) is -1.50. The number of phenolic OH excluding ortho intramolecular Hbond substituents is 1.